The lowest BCUT2D eigenvalue weighted by molar-refractivity contribution is -0.141. The lowest BCUT2D eigenvalue weighted by Gasteiger charge is -2.10. The van der Waals surface area contributed by atoms with Gasteiger partial charge in [-0.15, -0.1) is 0 Å². The SMILES string of the molecule is Nc1nc(NCCOCCO)cc(C(F)(F)F)n1. The Morgan fingerprint density at radius 2 is 2.06 bits per heavy atom. The molecule has 1 rings (SSSR count). The average molecular weight is 266 g/mol. The number of aliphatic hydroxyl groups excluding tert-OH is 1. The lowest BCUT2D eigenvalue weighted by atomic mass is 10.4. The molecule has 102 valence electrons. The number of aliphatic hydroxyl groups is 1. The van der Waals surface area contributed by atoms with E-state index in [1.54, 1.807) is 0 Å². The van der Waals surface area contributed by atoms with E-state index in [2.05, 4.69) is 15.3 Å². The molecule has 1 aromatic heterocycles. The van der Waals surface area contributed by atoms with Gasteiger partial charge in [-0.25, -0.2) is 4.98 Å². The van der Waals surface area contributed by atoms with Crippen LogP contribution in [-0.4, -0.2) is 41.4 Å². The van der Waals surface area contributed by atoms with Crippen LogP contribution < -0.4 is 11.1 Å². The highest BCUT2D eigenvalue weighted by Crippen LogP contribution is 2.29. The van der Waals surface area contributed by atoms with Gasteiger partial charge in [-0.3, -0.25) is 0 Å². The third kappa shape index (κ3) is 4.72. The number of nitrogen functional groups attached to an aromatic ring is 1. The molecular weight excluding hydrogens is 253 g/mol. The number of alkyl halides is 3. The molecule has 0 amide bonds. The van der Waals surface area contributed by atoms with E-state index in [-0.39, 0.29) is 32.2 Å². The van der Waals surface area contributed by atoms with Crippen LogP contribution in [0.5, 0.6) is 0 Å². The molecule has 0 atom stereocenters. The summed E-state index contributed by atoms with van der Waals surface area (Å²) in [5.74, 6) is -0.481. The van der Waals surface area contributed by atoms with Gasteiger partial charge >= 0.3 is 6.18 Å². The summed E-state index contributed by atoms with van der Waals surface area (Å²) in [5, 5.41) is 11.1. The molecule has 0 unspecified atom stereocenters. The molecule has 1 heterocycles. The fourth-order valence-electron chi connectivity index (χ4n) is 1.12. The van der Waals surface area contributed by atoms with E-state index in [0.29, 0.717) is 0 Å². The predicted octanol–water partition coefficient (Wildman–Crippen LogP) is 0.498. The largest absolute Gasteiger partial charge is 0.433 e. The second-order valence-electron chi connectivity index (χ2n) is 3.26. The Morgan fingerprint density at radius 3 is 2.67 bits per heavy atom. The third-order valence-electron chi connectivity index (χ3n) is 1.82. The van der Waals surface area contributed by atoms with Gasteiger partial charge in [0, 0.05) is 12.6 Å². The number of hydrogen-bond acceptors (Lipinski definition) is 6. The van der Waals surface area contributed by atoms with Gasteiger partial charge in [0.05, 0.1) is 19.8 Å². The average Bonchev–Trinajstić information content (AvgIpc) is 2.27. The maximum absolute atomic E-state index is 12.4. The molecule has 0 aliphatic heterocycles. The van der Waals surface area contributed by atoms with Crippen molar-refractivity contribution < 1.29 is 23.0 Å². The number of aromatic nitrogens is 2. The highest BCUT2D eigenvalue weighted by molar-refractivity contribution is 5.41. The molecule has 0 radical (unpaired) electrons. The summed E-state index contributed by atoms with van der Waals surface area (Å²) in [6, 6.07) is 0.766. The van der Waals surface area contributed by atoms with Gasteiger partial charge in [0.25, 0.3) is 0 Å². The number of ether oxygens (including phenoxy) is 1. The van der Waals surface area contributed by atoms with Gasteiger partial charge < -0.3 is 20.9 Å². The quantitative estimate of drug-likeness (QED) is 0.649. The van der Waals surface area contributed by atoms with Crippen molar-refractivity contribution in [1.82, 2.24) is 9.97 Å². The smallest absolute Gasteiger partial charge is 0.394 e. The van der Waals surface area contributed by atoms with E-state index >= 15 is 0 Å². The van der Waals surface area contributed by atoms with Gasteiger partial charge in [0.15, 0.2) is 5.69 Å². The van der Waals surface area contributed by atoms with Crippen LogP contribution in [0.25, 0.3) is 0 Å². The molecular formula is C9H13F3N4O2. The number of hydrogen-bond donors (Lipinski definition) is 3. The van der Waals surface area contributed by atoms with Crippen molar-refractivity contribution >= 4 is 11.8 Å². The second-order valence-corrected chi connectivity index (χ2v) is 3.26. The van der Waals surface area contributed by atoms with Crippen LogP contribution in [-0.2, 0) is 10.9 Å². The van der Waals surface area contributed by atoms with Crippen LogP contribution in [0.15, 0.2) is 6.07 Å². The normalized spacial score (nSPS) is 11.6. The van der Waals surface area contributed by atoms with Crippen molar-refractivity contribution in [2.24, 2.45) is 0 Å². The third-order valence-corrected chi connectivity index (χ3v) is 1.82. The Balaban J connectivity index is 2.58. The standard InChI is InChI=1S/C9H13F3N4O2/c10-9(11,12)6-5-7(16-8(13)15-6)14-1-3-18-4-2-17/h5,17H,1-4H2,(H3,13,14,15,16). The summed E-state index contributed by atoms with van der Waals surface area (Å²) in [6.07, 6.45) is -4.57. The number of rotatable bonds is 6. The summed E-state index contributed by atoms with van der Waals surface area (Å²) in [6.45, 7) is 0.527. The van der Waals surface area contributed by atoms with Gasteiger partial charge in [-0.1, -0.05) is 0 Å². The molecule has 6 nitrogen and oxygen atoms in total. The van der Waals surface area contributed by atoms with E-state index in [0.717, 1.165) is 6.07 Å². The summed E-state index contributed by atoms with van der Waals surface area (Å²) in [4.78, 5) is 6.72. The topological polar surface area (TPSA) is 93.3 Å². The maximum atomic E-state index is 12.4. The first-order valence-corrected chi connectivity index (χ1v) is 5.07. The van der Waals surface area contributed by atoms with Crippen molar-refractivity contribution in [2.75, 3.05) is 37.4 Å². The van der Waals surface area contributed by atoms with Crippen LogP contribution in [0.2, 0.25) is 0 Å². The molecule has 0 saturated carbocycles. The van der Waals surface area contributed by atoms with Crippen molar-refractivity contribution in [3.05, 3.63) is 11.8 Å². The zero-order valence-electron chi connectivity index (χ0n) is 9.37. The molecule has 0 saturated heterocycles. The number of halogens is 3. The fraction of sp³-hybridized carbons (Fsp3) is 0.556. The monoisotopic (exact) mass is 266 g/mol. The van der Waals surface area contributed by atoms with Crippen LogP contribution in [0.3, 0.4) is 0 Å². The molecule has 0 aliphatic carbocycles. The van der Waals surface area contributed by atoms with Crippen molar-refractivity contribution in [2.45, 2.75) is 6.18 Å². The summed E-state index contributed by atoms with van der Waals surface area (Å²) < 4.78 is 42.2. The minimum Gasteiger partial charge on any atom is -0.394 e. The van der Waals surface area contributed by atoms with Crippen molar-refractivity contribution in [3.63, 3.8) is 0 Å². The van der Waals surface area contributed by atoms with E-state index in [9.17, 15) is 13.2 Å². The Kier molecular flexibility index (Phi) is 5.10. The highest BCUT2D eigenvalue weighted by Gasteiger charge is 2.33. The summed E-state index contributed by atoms with van der Waals surface area (Å²) >= 11 is 0. The van der Waals surface area contributed by atoms with Crippen LogP contribution in [0, 0.1) is 0 Å². The molecule has 0 aromatic carbocycles. The van der Waals surface area contributed by atoms with Crippen molar-refractivity contribution in [1.29, 1.82) is 0 Å². The fourth-order valence-corrected chi connectivity index (χ4v) is 1.12. The number of nitrogens with zero attached hydrogens (tertiary/aromatic N) is 2. The first-order chi connectivity index (χ1) is 8.43. The Morgan fingerprint density at radius 1 is 1.33 bits per heavy atom. The zero-order valence-corrected chi connectivity index (χ0v) is 9.37. The zero-order chi connectivity index (χ0) is 13.6. The number of nitrogens with one attached hydrogen (secondary N) is 1. The van der Waals surface area contributed by atoms with E-state index in [1.807, 2.05) is 0 Å². The van der Waals surface area contributed by atoms with E-state index < -0.39 is 17.8 Å². The molecule has 0 fully saturated rings. The Labute approximate surface area is 101 Å². The molecule has 9 heteroatoms. The van der Waals surface area contributed by atoms with Gasteiger partial charge in [-0.2, -0.15) is 18.2 Å². The maximum Gasteiger partial charge on any atom is 0.433 e. The van der Waals surface area contributed by atoms with Gasteiger partial charge in [0.1, 0.15) is 5.82 Å². The molecule has 4 N–H and O–H groups in total. The second kappa shape index (κ2) is 6.36. The Hall–Kier alpha value is -1.61. The molecule has 1 aromatic rings. The van der Waals surface area contributed by atoms with Crippen molar-refractivity contribution in [3.8, 4) is 0 Å². The summed E-state index contributed by atoms with van der Waals surface area (Å²) in [7, 11) is 0. The number of anilines is 2. The van der Waals surface area contributed by atoms with Gasteiger partial charge in [-0.05, 0) is 0 Å². The minimum atomic E-state index is -4.57. The minimum absolute atomic E-state index is 0.0255. The predicted molar refractivity (Wildman–Crippen MR) is 57.8 cm³/mol. The molecule has 0 bridgehead atoms. The molecule has 18 heavy (non-hydrogen) atoms. The molecule has 0 spiro atoms. The first-order valence-electron chi connectivity index (χ1n) is 5.07. The lowest BCUT2D eigenvalue weighted by Crippen LogP contribution is -2.15. The van der Waals surface area contributed by atoms with Crippen LogP contribution in [0.1, 0.15) is 5.69 Å². The molecule has 0 aliphatic rings. The number of nitrogens with two attached hydrogens (primary N) is 1. The highest BCUT2D eigenvalue weighted by atomic mass is 19.4. The Bertz CT molecular complexity index is 387. The van der Waals surface area contributed by atoms with Crippen LogP contribution in [0.4, 0.5) is 24.9 Å². The van der Waals surface area contributed by atoms with Gasteiger partial charge in [0.2, 0.25) is 5.95 Å². The van der Waals surface area contributed by atoms with E-state index in [4.69, 9.17) is 15.6 Å². The first kappa shape index (κ1) is 14.5. The van der Waals surface area contributed by atoms with E-state index in [1.165, 1.54) is 0 Å². The summed E-state index contributed by atoms with van der Waals surface area (Å²) in [5.41, 5.74) is 4.08. The van der Waals surface area contributed by atoms with Crippen LogP contribution >= 0.6 is 0 Å².